The number of hydrogen-bond acceptors (Lipinski definition) is 3. The minimum atomic E-state index is 0.569. The van der Waals surface area contributed by atoms with Gasteiger partial charge in [-0.2, -0.15) is 0 Å². The topological polar surface area (TPSA) is 38.5 Å². The molecular weight excluding hydrogens is 260 g/mol. The normalized spacial score (nSPS) is 24.8. The molecule has 2 N–H and O–H groups in total. The number of piperidine rings is 1. The number of hydrogen-bond donors (Lipinski definition) is 1. The fraction of sp³-hybridized carbons (Fsp3) is 0.667. The van der Waals surface area contributed by atoms with Crippen LogP contribution >= 0.6 is 0 Å². The third-order valence-electron chi connectivity index (χ3n) is 4.87. The van der Waals surface area contributed by atoms with Crippen molar-refractivity contribution in [1.29, 1.82) is 0 Å². The van der Waals surface area contributed by atoms with Gasteiger partial charge in [0.1, 0.15) is 5.75 Å². The molecular formula is C18H30N2O. The van der Waals surface area contributed by atoms with Gasteiger partial charge in [0.15, 0.2) is 0 Å². The maximum Gasteiger partial charge on any atom is 0.118 e. The van der Waals surface area contributed by atoms with Crippen molar-refractivity contribution in [3.8, 4) is 5.75 Å². The molecule has 1 aromatic rings. The average molecular weight is 290 g/mol. The molecule has 1 heterocycles. The summed E-state index contributed by atoms with van der Waals surface area (Å²) in [6, 6.07) is 9.61. The van der Waals surface area contributed by atoms with Crippen LogP contribution in [0.1, 0.15) is 38.7 Å². The minimum absolute atomic E-state index is 0.569. The summed E-state index contributed by atoms with van der Waals surface area (Å²) in [5.74, 6) is 1.75. The Labute approximate surface area is 129 Å². The van der Waals surface area contributed by atoms with Gasteiger partial charge in [0.25, 0.3) is 0 Å². The second kappa shape index (κ2) is 7.81. The largest absolute Gasteiger partial charge is 0.497 e. The predicted octanol–water partition coefficient (Wildman–Crippen LogP) is 3.08. The number of rotatable bonds is 6. The van der Waals surface area contributed by atoms with Gasteiger partial charge in [0.05, 0.1) is 7.11 Å². The third kappa shape index (κ3) is 4.45. The Hall–Kier alpha value is -1.06. The van der Waals surface area contributed by atoms with Crippen molar-refractivity contribution in [3.05, 3.63) is 29.8 Å². The molecule has 1 aliphatic rings. The van der Waals surface area contributed by atoms with Crippen LogP contribution in [0, 0.1) is 5.92 Å². The van der Waals surface area contributed by atoms with E-state index in [4.69, 9.17) is 10.5 Å². The first-order valence-electron chi connectivity index (χ1n) is 8.22. The van der Waals surface area contributed by atoms with Crippen LogP contribution in [0.25, 0.3) is 0 Å². The van der Waals surface area contributed by atoms with E-state index < -0.39 is 0 Å². The molecule has 0 bridgehead atoms. The zero-order valence-corrected chi connectivity index (χ0v) is 13.7. The first-order chi connectivity index (χ1) is 10.1. The summed E-state index contributed by atoms with van der Waals surface area (Å²) >= 11 is 0. The van der Waals surface area contributed by atoms with Crippen LogP contribution in [0.2, 0.25) is 0 Å². The van der Waals surface area contributed by atoms with Crippen molar-refractivity contribution in [2.45, 2.75) is 51.6 Å². The van der Waals surface area contributed by atoms with Crippen LogP contribution in [0.15, 0.2) is 24.3 Å². The van der Waals surface area contributed by atoms with E-state index in [-0.39, 0.29) is 0 Å². The lowest BCUT2D eigenvalue weighted by molar-refractivity contribution is 0.0797. The Balaban J connectivity index is 1.86. The summed E-state index contributed by atoms with van der Waals surface area (Å²) in [5, 5.41) is 0. The van der Waals surface area contributed by atoms with Gasteiger partial charge in [0, 0.05) is 18.6 Å². The summed E-state index contributed by atoms with van der Waals surface area (Å²) in [4.78, 5) is 2.63. The van der Waals surface area contributed by atoms with E-state index >= 15 is 0 Å². The lowest BCUT2D eigenvalue weighted by atomic mass is 9.90. The van der Waals surface area contributed by atoms with Crippen LogP contribution < -0.4 is 10.5 Å². The van der Waals surface area contributed by atoms with Gasteiger partial charge in [-0.05, 0) is 62.8 Å². The van der Waals surface area contributed by atoms with Crippen molar-refractivity contribution in [2.24, 2.45) is 11.7 Å². The molecule has 118 valence electrons. The molecule has 3 unspecified atom stereocenters. The molecule has 0 radical (unpaired) electrons. The molecule has 21 heavy (non-hydrogen) atoms. The van der Waals surface area contributed by atoms with Crippen LogP contribution in [0.3, 0.4) is 0 Å². The van der Waals surface area contributed by atoms with E-state index in [1.165, 1.54) is 31.4 Å². The molecule has 3 nitrogen and oxygen atoms in total. The molecule has 0 spiro atoms. The number of ether oxygens (including phenoxy) is 1. The van der Waals surface area contributed by atoms with E-state index in [0.717, 1.165) is 24.6 Å². The van der Waals surface area contributed by atoms with Crippen LogP contribution in [0.5, 0.6) is 5.75 Å². The zero-order valence-electron chi connectivity index (χ0n) is 13.7. The maximum atomic E-state index is 5.98. The molecule has 3 heteroatoms. The van der Waals surface area contributed by atoms with Gasteiger partial charge >= 0.3 is 0 Å². The second-order valence-corrected chi connectivity index (χ2v) is 6.49. The van der Waals surface area contributed by atoms with Gasteiger partial charge < -0.3 is 10.5 Å². The Morgan fingerprint density at radius 1 is 1.33 bits per heavy atom. The van der Waals surface area contributed by atoms with E-state index in [1.54, 1.807) is 7.11 Å². The number of aryl methyl sites for hydroxylation is 1. The Morgan fingerprint density at radius 3 is 2.67 bits per heavy atom. The smallest absolute Gasteiger partial charge is 0.118 e. The highest BCUT2D eigenvalue weighted by Gasteiger charge is 2.28. The Kier molecular flexibility index (Phi) is 6.07. The van der Waals surface area contributed by atoms with E-state index in [1.807, 2.05) is 12.1 Å². The molecule has 3 atom stereocenters. The van der Waals surface area contributed by atoms with Gasteiger partial charge in [-0.15, -0.1) is 0 Å². The van der Waals surface area contributed by atoms with Gasteiger partial charge in [-0.1, -0.05) is 19.1 Å². The predicted molar refractivity (Wildman–Crippen MR) is 88.7 cm³/mol. The Morgan fingerprint density at radius 2 is 2.05 bits per heavy atom. The highest BCUT2D eigenvalue weighted by atomic mass is 16.5. The lowest BCUT2D eigenvalue weighted by Gasteiger charge is -2.41. The van der Waals surface area contributed by atoms with Gasteiger partial charge in [0.2, 0.25) is 0 Å². The van der Waals surface area contributed by atoms with Crippen LogP contribution in [0.4, 0.5) is 0 Å². The van der Waals surface area contributed by atoms with Gasteiger partial charge in [-0.3, -0.25) is 4.90 Å². The zero-order chi connectivity index (χ0) is 15.2. The molecule has 0 aromatic heterocycles. The summed E-state index contributed by atoms with van der Waals surface area (Å²) in [6.45, 7) is 6.69. The number of likely N-dealkylation sites (tertiary alicyclic amines) is 1. The van der Waals surface area contributed by atoms with Crippen molar-refractivity contribution in [1.82, 2.24) is 4.90 Å². The number of nitrogens with two attached hydrogens (primary N) is 1. The van der Waals surface area contributed by atoms with E-state index in [9.17, 15) is 0 Å². The molecule has 0 saturated carbocycles. The number of methoxy groups -OCH3 is 1. The molecule has 0 aliphatic carbocycles. The second-order valence-electron chi connectivity index (χ2n) is 6.49. The quantitative estimate of drug-likeness (QED) is 0.875. The monoisotopic (exact) mass is 290 g/mol. The van der Waals surface area contributed by atoms with Gasteiger partial charge in [-0.25, -0.2) is 0 Å². The summed E-state index contributed by atoms with van der Waals surface area (Å²) in [6.07, 6.45) is 4.87. The Bertz CT molecular complexity index is 418. The first-order valence-corrected chi connectivity index (χ1v) is 8.22. The van der Waals surface area contributed by atoms with Crippen molar-refractivity contribution in [2.75, 3.05) is 20.2 Å². The summed E-state index contributed by atoms with van der Waals surface area (Å²) in [5.41, 5.74) is 7.36. The lowest BCUT2D eigenvalue weighted by Crippen LogP contribution is -2.50. The third-order valence-corrected chi connectivity index (χ3v) is 4.87. The fourth-order valence-corrected chi connectivity index (χ4v) is 3.42. The molecule has 0 amide bonds. The standard InChI is InChI=1S/C18H30N2O/c1-14-10-11-20(17(12-14)13-19)15(2)4-5-16-6-8-18(21-3)9-7-16/h6-9,14-15,17H,4-5,10-13,19H2,1-3H3. The fourth-order valence-electron chi connectivity index (χ4n) is 3.42. The van der Waals surface area contributed by atoms with Crippen molar-refractivity contribution >= 4 is 0 Å². The maximum absolute atomic E-state index is 5.98. The number of nitrogens with zero attached hydrogens (tertiary/aromatic N) is 1. The van der Waals surface area contributed by atoms with Crippen LogP contribution in [-0.4, -0.2) is 37.2 Å². The van der Waals surface area contributed by atoms with E-state index in [0.29, 0.717) is 12.1 Å². The van der Waals surface area contributed by atoms with E-state index in [2.05, 4.69) is 30.9 Å². The van der Waals surface area contributed by atoms with Crippen LogP contribution in [-0.2, 0) is 6.42 Å². The highest BCUT2D eigenvalue weighted by Crippen LogP contribution is 2.25. The molecule has 1 fully saturated rings. The van der Waals surface area contributed by atoms with Crippen molar-refractivity contribution < 1.29 is 4.74 Å². The molecule has 1 aliphatic heterocycles. The SMILES string of the molecule is COc1ccc(CCC(C)N2CCC(C)CC2CN)cc1. The minimum Gasteiger partial charge on any atom is -0.497 e. The molecule has 1 saturated heterocycles. The first kappa shape index (κ1) is 16.3. The number of benzene rings is 1. The summed E-state index contributed by atoms with van der Waals surface area (Å²) < 4.78 is 5.21. The highest BCUT2D eigenvalue weighted by molar-refractivity contribution is 5.27. The molecule has 2 rings (SSSR count). The molecule has 1 aromatic carbocycles. The average Bonchev–Trinajstić information content (AvgIpc) is 2.52. The summed E-state index contributed by atoms with van der Waals surface area (Å²) in [7, 11) is 1.71. The van der Waals surface area contributed by atoms with Crippen molar-refractivity contribution in [3.63, 3.8) is 0 Å².